The standard InChI is InChI=1S/C19H21ClO2/c20-18-12-17-14(7-4-8-16(17)19(21)22)11-15(18)10-9-13-5-2-1-3-6-13/h1-2,9-13,16H,3-8H2,(H,21,22)/b10-9+. The molecule has 2 aliphatic rings. The lowest BCUT2D eigenvalue weighted by molar-refractivity contribution is -0.139. The van der Waals surface area contributed by atoms with Crippen LogP contribution in [0.25, 0.3) is 6.08 Å². The molecule has 2 unspecified atom stereocenters. The Bertz CT molecular complexity index is 631. The summed E-state index contributed by atoms with van der Waals surface area (Å²) in [5, 5.41) is 10.0. The number of hydrogen-bond acceptors (Lipinski definition) is 1. The van der Waals surface area contributed by atoms with Gasteiger partial charge in [-0.1, -0.05) is 35.9 Å². The number of allylic oxidation sites excluding steroid dienone is 3. The Labute approximate surface area is 136 Å². The third-order valence-electron chi connectivity index (χ3n) is 4.73. The van der Waals surface area contributed by atoms with E-state index in [1.165, 1.54) is 6.42 Å². The van der Waals surface area contributed by atoms with Crippen LogP contribution in [0.15, 0.2) is 30.4 Å². The minimum absolute atomic E-state index is 0.400. The molecule has 1 aromatic rings. The van der Waals surface area contributed by atoms with E-state index >= 15 is 0 Å². The summed E-state index contributed by atoms with van der Waals surface area (Å²) >= 11 is 6.39. The van der Waals surface area contributed by atoms with Crippen molar-refractivity contribution >= 4 is 23.6 Å². The van der Waals surface area contributed by atoms with Gasteiger partial charge in [0.2, 0.25) is 0 Å². The smallest absolute Gasteiger partial charge is 0.310 e. The van der Waals surface area contributed by atoms with Gasteiger partial charge >= 0.3 is 5.97 Å². The number of aryl methyl sites for hydroxylation is 1. The van der Waals surface area contributed by atoms with E-state index in [2.05, 4.69) is 30.4 Å². The van der Waals surface area contributed by atoms with Crippen molar-refractivity contribution in [3.63, 3.8) is 0 Å². The van der Waals surface area contributed by atoms with Gasteiger partial charge in [0.25, 0.3) is 0 Å². The van der Waals surface area contributed by atoms with Gasteiger partial charge in [-0.15, -0.1) is 0 Å². The summed E-state index contributed by atoms with van der Waals surface area (Å²) in [5.74, 6) is -0.555. The van der Waals surface area contributed by atoms with Crippen LogP contribution in [-0.4, -0.2) is 11.1 Å². The highest BCUT2D eigenvalue weighted by atomic mass is 35.5. The molecule has 0 radical (unpaired) electrons. The Hall–Kier alpha value is -1.54. The van der Waals surface area contributed by atoms with Gasteiger partial charge in [0.05, 0.1) is 5.92 Å². The van der Waals surface area contributed by atoms with E-state index in [1.54, 1.807) is 0 Å². The molecule has 0 spiro atoms. The summed E-state index contributed by atoms with van der Waals surface area (Å²) in [6.07, 6.45) is 14.9. The Morgan fingerprint density at radius 1 is 1.27 bits per heavy atom. The maximum Gasteiger partial charge on any atom is 0.310 e. The lowest BCUT2D eigenvalue weighted by atomic mass is 9.82. The second-order valence-corrected chi connectivity index (χ2v) is 6.67. The fourth-order valence-electron chi connectivity index (χ4n) is 3.46. The molecule has 0 amide bonds. The van der Waals surface area contributed by atoms with Gasteiger partial charge in [-0.3, -0.25) is 4.79 Å². The van der Waals surface area contributed by atoms with E-state index in [1.807, 2.05) is 6.07 Å². The number of benzene rings is 1. The quantitative estimate of drug-likeness (QED) is 0.777. The van der Waals surface area contributed by atoms with Crippen LogP contribution in [0.2, 0.25) is 5.02 Å². The summed E-state index contributed by atoms with van der Waals surface area (Å²) in [7, 11) is 0. The van der Waals surface area contributed by atoms with Crippen molar-refractivity contribution < 1.29 is 9.90 Å². The van der Waals surface area contributed by atoms with E-state index in [0.29, 0.717) is 17.4 Å². The van der Waals surface area contributed by atoms with E-state index in [4.69, 9.17) is 11.6 Å². The molecule has 0 saturated heterocycles. The zero-order chi connectivity index (χ0) is 15.5. The minimum atomic E-state index is -0.741. The van der Waals surface area contributed by atoms with Crippen LogP contribution < -0.4 is 0 Å². The molecule has 0 heterocycles. The van der Waals surface area contributed by atoms with Crippen molar-refractivity contribution in [3.8, 4) is 0 Å². The number of carboxylic acid groups (broad SMARTS) is 1. The van der Waals surface area contributed by atoms with E-state index < -0.39 is 11.9 Å². The largest absolute Gasteiger partial charge is 0.481 e. The van der Waals surface area contributed by atoms with E-state index in [0.717, 1.165) is 42.4 Å². The van der Waals surface area contributed by atoms with Crippen LogP contribution in [0.4, 0.5) is 0 Å². The highest BCUT2D eigenvalue weighted by Gasteiger charge is 2.26. The highest BCUT2D eigenvalue weighted by Crippen LogP contribution is 2.36. The molecule has 2 aliphatic carbocycles. The Balaban J connectivity index is 1.86. The highest BCUT2D eigenvalue weighted by molar-refractivity contribution is 6.32. The Morgan fingerprint density at radius 3 is 2.86 bits per heavy atom. The lowest BCUT2D eigenvalue weighted by Gasteiger charge is -2.23. The fourth-order valence-corrected chi connectivity index (χ4v) is 3.70. The lowest BCUT2D eigenvalue weighted by Crippen LogP contribution is -2.18. The molecule has 0 fully saturated rings. The first-order valence-corrected chi connectivity index (χ1v) is 8.41. The number of carbonyl (C=O) groups is 1. The topological polar surface area (TPSA) is 37.3 Å². The summed E-state index contributed by atoms with van der Waals surface area (Å²) in [6, 6.07) is 3.96. The van der Waals surface area contributed by atoms with Crippen molar-refractivity contribution in [1.82, 2.24) is 0 Å². The predicted octanol–water partition coefficient (Wildman–Crippen LogP) is 5.21. The second kappa shape index (κ2) is 6.70. The monoisotopic (exact) mass is 316 g/mol. The molecule has 0 saturated carbocycles. The molecular weight excluding hydrogens is 296 g/mol. The first kappa shape index (κ1) is 15.4. The minimum Gasteiger partial charge on any atom is -0.481 e. The number of fused-ring (bicyclic) bond motifs is 1. The summed E-state index contributed by atoms with van der Waals surface area (Å²) in [5.41, 5.74) is 3.06. The number of carboxylic acids is 1. The normalized spacial score (nSPS) is 24.4. The van der Waals surface area contributed by atoms with E-state index in [9.17, 15) is 9.90 Å². The van der Waals surface area contributed by atoms with Crippen LogP contribution in [0, 0.1) is 5.92 Å². The second-order valence-electron chi connectivity index (χ2n) is 6.26. The van der Waals surface area contributed by atoms with Crippen LogP contribution in [-0.2, 0) is 11.2 Å². The molecule has 0 aliphatic heterocycles. The maximum absolute atomic E-state index is 11.4. The first-order valence-electron chi connectivity index (χ1n) is 8.03. The maximum atomic E-state index is 11.4. The molecular formula is C19H21ClO2. The van der Waals surface area contributed by atoms with Gasteiger partial charge in [-0.2, -0.15) is 0 Å². The van der Waals surface area contributed by atoms with Crippen molar-refractivity contribution in [2.24, 2.45) is 5.92 Å². The molecule has 2 nitrogen and oxygen atoms in total. The van der Waals surface area contributed by atoms with Gasteiger partial charge in [-0.05, 0) is 73.3 Å². The van der Waals surface area contributed by atoms with Crippen molar-refractivity contribution in [2.75, 3.05) is 0 Å². The number of halogens is 1. The Morgan fingerprint density at radius 2 is 2.14 bits per heavy atom. The Kier molecular flexibility index (Phi) is 4.68. The predicted molar refractivity (Wildman–Crippen MR) is 90.3 cm³/mol. The van der Waals surface area contributed by atoms with Crippen LogP contribution >= 0.6 is 11.6 Å². The molecule has 2 atom stereocenters. The van der Waals surface area contributed by atoms with Gasteiger partial charge in [0.15, 0.2) is 0 Å². The van der Waals surface area contributed by atoms with Crippen molar-refractivity contribution in [3.05, 3.63) is 52.1 Å². The molecule has 1 aromatic carbocycles. The SMILES string of the molecule is O=C(O)C1CCCc2cc(/C=C/C3CC=CCC3)c(Cl)cc21. The molecule has 0 aromatic heterocycles. The van der Waals surface area contributed by atoms with Crippen LogP contribution in [0.5, 0.6) is 0 Å². The molecule has 3 rings (SSSR count). The van der Waals surface area contributed by atoms with E-state index in [-0.39, 0.29) is 0 Å². The van der Waals surface area contributed by atoms with Gasteiger partial charge in [0.1, 0.15) is 0 Å². The third-order valence-corrected chi connectivity index (χ3v) is 5.06. The number of rotatable bonds is 3. The third kappa shape index (κ3) is 3.27. The van der Waals surface area contributed by atoms with Gasteiger partial charge in [0, 0.05) is 5.02 Å². The van der Waals surface area contributed by atoms with Crippen molar-refractivity contribution in [1.29, 1.82) is 0 Å². The summed E-state index contributed by atoms with van der Waals surface area (Å²) < 4.78 is 0. The molecule has 1 N–H and O–H groups in total. The zero-order valence-corrected chi connectivity index (χ0v) is 13.4. The average Bonchev–Trinajstić information content (AvgIpc) is 2.53. The molecule has 116 valence electrons. The number of aliphatic carboxylic acids is 1. The number of hydrogen-bond donors (Lipinski definition) is 1. The first-order chi connectivity index (χ1) is 10.6. The van der Waals surface area contributed by atoms with Crippen molar-refractivity contribution in [2.45, 2.75) is 44.4 Å². The molecule has 3 heteroatoms. The fraction of sp³-hybridized carbons (Fsp3) is 0.421. The van der Waals surface area contributed by atoms with Gasteiger partial charge < -0.3 is 5.11 Å². The zero-order valence-electron chi connectivity index (χ0n) is 12.6. The van der Waals surface area contributed by atoms with Crippen LogP contribution in [0.1, 0.15) is 54.7 Å². The molecule has 22 heavy (non-hydrogen) atoms. The van der Waals surface area contributed by atoms with Crippen LogP contribution in [0.3, 0.4) is 0 Å². The summed E-state index contributed by atoms with van der Waals surface area (Å²) in [4.78, 5) is 11.4. The average molecular weight is 317 g/mol. The molecule has 0 bridgehead atoms. The van der Waals surface area contributed by atoms with Gasteiger partial charge in [-0.25, -0.2) is 0 Å². The summed E-state index contributed by atoms with van der Waals surface area (Å²) in [6.45, 7) is 0.